The Balaban J connectivity index is 1.57. The van der Waals surface area contributed by atoms with Gasteiger partial charge >= 0.3 is 5.69 Å². The highest BCUT2D eigenvalue weighted by Crippen LogP contribution is 2.19. The molecule has 3 rings (SSSR count). The van der Waals surface area contributed by atoms with Crippen LogP contribution in [0.5, 0.6) is 0 Å². The molecule has 2 aromatic rings. The zero-order chi connectivity index (χ0) is 16.8. The van der Waals surface area contributed by atoms with Gasteiger partial charge in [-0.2, -0.15) is 4.98 Å². The molecule has 7 heteroatoms. The van der Waals surface area contributed by atoms with Gasteiger partial charge in [0.05, 0.1) is 13.2 Å². The highest BCUT2D eigenvalue weighted by atomic mass is 16.7. The molecule has 0 saturated carbocycles. The number of benzene rings is 1. The van der Waals surface area contributed by atoms with Crippen molar-refractivity contribution in [2.24, 2.45) is 0 Å². The molecule has 0 aliphatic carbocycles. The fraction of sp³-hybridized carbons (Fsp3) is 0.294. The Bertz CT molecular complexity index is 745. The Morgan fingerprint density at radius 2 is 2.17 bits per heavy atom. The number of aromatic nitrogens is 2. The summed E-state index contributed by atoms with van der Waals surface area (Å²) in [5.41, 5.74) is 0.679. The molecular weight excluding hydrogens is 310 g/mol. The summed E-state index contributed by atoms with van der Waals surface area (Å²) in [7, 11) is 0. The average molecular weight is 329 g/mol. The molecular formula is C17H19N3O4. The minimum absolute atomic E-state index is 0.208. The van der Waals surface area contributed by atoms with E-state index in [0.29, 0.717) is 12.4 Å². The summed E-state index contributed by atoms with van der Waals surface area (Å²) in [6.45, 7) is 0.520. The highest BCUT2D eigenvalue weighted by molar-refractivity contribution is 5.49. The summed E-state index contributed by atoms with van der Waals surface area (Å²) in [5.74, 6) is 0.492. The molecule has 2 atom stereocenters. The zero-order valence-electron chi connectivity index (χ0n) is 13.0. The SMILES string of the molecule is O=c1nc(NC/C=C/c2ccccc2)ccn1[C@@H]1CO[C@H](CO)O1. The van der Waals surface area contributed by atoms with Gasteiger partial charge in [-0.3, -0.25) is 4.57 Å². The van der Waals surface area contributed by atoms with Gasteiger partial charge in [-0.25, -0.2) is 4.79 Å². The van der Waals surface area contributed by atoms with E-state index in [1.54, 1.807) is 12.3 Å². The zero-order valence-corrected chi connectivity index (χ0v) is 13.0. The fourth-order valence-corrected chi connectivity index (χ4v) is 2.34. The van der Waals surface area contributed by atoms with Crippen molar-refractivity contribution < 1.29 is 14.6 Å². The van der Waals surface area contributed by atoms with Crippen LogP contribution in [0.4, 0.5) is 5.82 Å². The second-order valence-electron chi connectivity index (χ2n) is 5.23. The third-order valence-electron chi connectivity index (χ3n) is 3.53. The van der Waals surface area contributed by atoms with Gasteiger partial charge in [0, 0.05) is 12.7 Å². The minimum Gasteiger partial charge on any atom is -0.391 e. The predicted octanol–water partition coefficient (Wildman–Crippen LogP) is 1.23. The van der Waals surface area contributed by atoms with Crippen LogP contribution in [0.1, 0.15) is 11.8 Å². The van der Waals surface area contributed by atoms with Crippen LogP contribution in [-0.4, -0.2) is 40.7 Å². The first kappa shape index (κ1) is 16.4. The van der Waals surface area contributed by atoms with Crippen molar-refractivity contribution in [3.8, 4) is 0 Å². The van der Waals surface area contributed by atoms with Crippen LogP contribution in [0.2, 0.25) is 0 Å². The molecule has 2 N–H and O–H groups in total. The number of aliphatic hydroxyl groups excluding tert-OH is 1. The van der Waals surface area contributed by atoms with Crippen LogP contribution >= 0.6 is 0 Å². The number of hydrogen-bond acceptors (Lipinski definition) is 6. The van der Waals surface area contributed by atoms with Gasteiger partial charge in [0.1, 0.15) is 5.82 Å². The summed E-state index contributed by atoms with van der Waals surface area (Å²) in [6, 6.07) is 11.6. The topological polar surface area (TPSA) is 85.6 Å². The quantitative estimate of drug-likeness (QED) is 0.829. The van der Waals surface area contributed by atoms with Gasteiger partial charge in [0.15, 0.2) is 12.5 Å². The van der Waals surface area contributed by atoms with Crippen LogP contribution in [0.15, 0.2) is 53.5 Å². The molecule has 1 aromatic carbocycles. The monoisotopic (exact) mass is 329 g/mol. The van der Waals surface area contributed by atoms with Crippen LogP contribution in [0.3, 0.4) is 0 Å². The maximum absolute atomic E-state index is 12.1. The van der Waals surface area contributed by atoms with Gasteiger partial charge in [0.2, 0.25) is 0 Å². The Kier molecular flexibility index (Phi) is 5.37. The Morgan fingerprint density at radius 3 is 2.88 bits per heavy atom. The van der Waals surface area contributed by atoms with Gasteiger partial charge in [-0.15, -0.1) is 0 Å². The Hall–Kier alpha value is -2.48. The van der Waals surface area contributed by atoms with Crippen LogP contribution in [-0.2, 0) is 9.47 Å². The lowest BCUT2D eigenvalue weighted by atomic mass is 10.2. The first-order valence-electron chi connectivity index (χ1n) is 7.69. The van der Waals surface area contributed by atoms with Gasteiger partial charge in [-0.05, 0) is 11.6 Å². The van der Waals surface area contributed by atoms with Crippen LogP contribution in [0.25, 0.3) is 6.08 Å². The molecule has 1 fully saturated rings. The van der Waals surface area contributed by atoms with Gasteiger partial charge in [-0.1, -0.05) is 42.5 Å². The minimum atomic E-state index is -0.692. The lowest BCUT2D eigenvalue weighted by Crippen LogP contribution is -2.28. The number of anilines is 1. The molecule has 1 aliphatic rings. The molecule has 7 nitrogen and oxygen atoms in total. The van der Waals surface area contributed by atoms with Crippen molar-refractivity contribution in [3.63, 3.8) is 0 Å². The second kappa shape index (κ2) is 7.87. The summed E-state index contributed by atoms with van der Waals surface area (Å²) >= 11 is 0. The lowest BCUT2D eigenvalue weighted by Gasteiger charge is -2.12. The third kappa shape index (κ3) is 4.08. The number of nitrogens with one attached hydrogen (secondary N) is 1. The van der Waals surface area contributed by atoms with Crippen LogP contribution in [0, 0.1) is 0 Å². The van der Waals surface area contributed by atoms with Gasteiger partial charge < -0.3 is 19.9 Å². The molecule has 0 unspecified atom stereocenters. The van der Waals surface area contributed by atoms with E-state index in [2.05, 4.69) is 10.3 Å². The van der Waals surface area contributed by atoms with E-state index >= 15 is 0 Å². The summed E-state index contributed by atoms with van der Waals surface area (Å²) < 4.78 is 11.9. The van der Waals surface area contributed by atoms with E-state index in [0.717, 1.165) is 5.56 Å². The number of aliphatic hydroxyl groups is 1. The van der Waals surface area contributed by atoms with Crippen molar-refractivity contribution in [1.29, 1.82) is 0 Å². The lowest BCUT2D eigenvalue weighted by molar-refractivity contribution is -0.0992. The number of nitrogens with zero attached hydrogens (tertiary/aromatic N) is 2. The van der Waals surface area contributed by atoms with E-state index < -0.39 is 18.2 Å². The van der Waals surface area contributed by atoms with Crippen molar-refractivity contribution in [2.45, 2.75) is 12.5 Å². The molecule has 1 aliphatic heterocycles. The van der Waals surface area contributed by atoms with Crippen molar-refractivity contribution in [3.05, 3.63) is 64.7 Å². The third-order valence-corrected chi connectivity index (χ3v) is 3.53. The Morgan fingerprint density at radius 1 is 1.33 bits per heavy atom. The van der Waals surface area contributed by atoms with E-state index in [1.165, 1.54) is 4.57 Å². The highest BCUT2D eigenvalue weighted by Gasteiger charge is 2.27. The van der Waals surface area contributed by atoms with Crippen molar-refractivity contribution in [2.75, 3.05) is 25.1 Å². The molecule has 0 amide bonds. The smallest absolute Gasteiger partial charge is 0.351 e. The normalized spacial score (nSPS) is 20.5. The van der Waals surface area contributed by atoms with Crippen LogP contribution < -0.4 is 11.0 Å². The van der Waals surface area contributed by atoms with E-state index in [1.807, 2.05) is 42.5 Å². The summed E-state index contributed by atoms with van der Waals surface area (Å²) in [4.78, 5) is 16.0. The van der Waals surface area contributed by atoms with Gasteiger partial charge in [0.25, 0.3) is 0 Å². The van der Waals surface area contributed by atoms with E-state index in [-0.39, 0.29) is 13.2 Å². The second-order valence-corrected chi connectivity index (χ2v) is 5.23. The first-order chi connectivity index (χ1) is 11.8. The van der Waals surface area contributed by atoms with E-state index in [9.17, 15) is 4.79 Å². The molecule has 1 aromatic heterocycles. The standard InChI is InChI=1S/C17H19N3O4/c21-11-16-23-12-15(24-16)20-10-8-14(19-17(20)22)18-9-4-7-13-5-2-1-3-6-13/h1-8,10,15-16,21H,9,11-12H2,(H,18,19,22)/b7-4+/t15-,16-/m0/s1. The molecule has 0 bridgehead atoms. The summed E-state index contributed by atoms with van der Waals surface area (Å²) in [6.07, 6.45) is 4.30. The molecule has 24 heavy (non-hydrogen) atoms. The number of hydrogen-bond donors (Lipinski definition) is 2. The molecule has 0 radical (unpaired) electrons. The predicted molar refractivity (Wildman–Crippen MR) is 89.4 cm³/mol. The number of rotatable bonds is 6. The number of ether oxygens (including phenoxy) is 2. The summed E-state index contributed by atoms with van der Waals surface area (Å²) in [5, 5.41) is 12.0. The molecule has 2 heterocycles. The molecule has 0 spiro atoms. The first-order valence-corrected chi connectivity index (χ1v) is 7.69. The molecule has 126 valence electrons. The van der Waals surface area contributed by atoms with E-state index in [4.69, 9.17) is 14.6 Å². The largest absolute Gasteiger partial charge is 0.391 e. The van der Waals surface area contributed by atoms with Crippen molar-refractivity contribution in [1.82, 2.24) is 9.55 Å². The van der Waals surface area contributed by atoms with Crippen molar-refractivity contribution >= 4 is 11.9 Å². The maximum atomic E-state index is 12.1. The molecule has 1 saturated heterocycles. The Labute approximate surface area is 139 Å². The maximum Gasteiger partial charge on any atom is 0.351 e. The average Bonchev–Trinajstić information content (AvgIpc) is 3.09. The fourth-order valence-electron chi connectivity index (χ4n) is 2.34.